The molecule has 3 aromatic rings. The maximum Gasteiger partial charge on any atom is 0.435 e. The standard InChI is InChI=1S/C22H21F3N6O/c1-12-6-16(14-10-30(3)29-20(14)22(23,24)25)28-19(7-12)31-11-21(4-5-21)15-9-26-18(8-17(15)31)27-13(2)32/h6-10H,4-5,11H2,1-3H3,(H,26,27,32). The molecule has 1 spiro atoms. The molecule has 1 saturated carbocycles. The summed E-state index contributed by atoms with van der Waals surface area (Å²) < 4.78 is 41.8. The summed E-state index contributed by atoms with van der Waals surface area (Å²) in [6.07, 6.45) is 0.564. The third-order valence-corrected chi connectivity index (χ3v) is 5.97. The molecule has 3 aromatic heterocycles. The summed E-state index contributed by atoms with van der Waals surface area (Å²) in [6, 6.07) is 5.30. The van der Waals surface area contributed by atoms with Crippen LogP contribution in [0.5, 0.6) is 0 Å². The predicted molar refractivity (Wildman–Crippen MR) is 113 cm³/mol. The lowest BCUT2D eigenvalue weighted by atomic mass is 10.0. The van der Waals surface area contributed by atoms with Crippen molar-refractivity contribution in [2.75, 3.05) is 16.8 Å². The summed E-state index contributed by atoms with van der Waals surface area (Å²) in [5, 5.41) is 6.31. The molecule has 0 bridgehead atoms. The van der Waals surface area contributed by atoms with Crippen LogP contribution in [0, 0.1) is 6.92 Å². The minimum absolute atomic E-state index is 0.0197. The van der Waals surface area contributed by atoms with Gasteiger partial charge in [0.25, 0.3) is 0 Å². The maximum atomic E-state index is 13.5. The van der Waals surface area contributed by atoms with Gasteiger partial charge >= 0.3 is 6.18 Å². The van der Waals surface area contributed by atoms with E-state index in [1.807, 2.05) is 17.9 Å². The van der Waals surface area contributed by atoms with Crippen LogP contribution in [-0.4, -0.2) is 32.2 Å². The average molecular weight is 442 g/mol. The SMILES string of the molecule is CC(=O)Nc1cc2c(cn1)C1(CC1)CN2c1cc(C)cc(-c2cn(C)nc2C(F)(F)F)n1. The third-order valence-electron chi connectivity index (χ3n) is 5.97. The Morgan fingerprint density at radius 2 is 1.97 bits per heavy atom. The van der Waals surface area contributed by atoms with Crippen LogP contribution in [0.4, 0.5) is 30.5 Å². The molecule has 2 aliphatic rings. The molecule has 0 atom stereocenters. The second kappa shape index (κ2) is 6.78. The fourth-order valence-electron chi connectivity index (χ4n) is 4.39. The highest BCUT2D eigenvalue weighted by Gasteiger charge is 2.52. The number of anilines is 3. The first-order valence-corrected chi connectivity index (χ1v) is 10.2. The van der Waals surface area contributed by atoms with Gasteiger partial charge in [0.2, 0.25) is 5.91 Å². The molecule has 0 unspecified atom stereocenters. The number of amides is 1. The Labute approximate surface area is 182 Å². The highest BCUT2D eigenvalue weighted by Crippen LogP contribution is 2.58. The predicted octanol–water partition coefficient (Wildman–Crippen LogP) is 4.35. The Morgan fingerprint density at radius 3 is 2.62 bits per heavy atom. The molecule has 1 aliphatic heterocycles. The Kier molecular flexibility index (Phi) is 4.34. The number of carbonyl (C=O) groups excluding carboxylic acids is 1. The van der Waals surface area contributed by atoms with E-state index in [-0.39, 0.29) is 22.6 Å². The van der Waals surface area contributed by atoms with Crippen LogP contribution in [0.2, 0.25) is 0 Å². The van der Waals surface area contributed by atoms with Crippen LogP contribution < -0.4 is 10.2 Å². The van der Waals surface area contributed by atoms with Crippen molar-refractivity contribution in [3.05, 3.63) is 47.4 Å². The molecular weight excluding hydrogens is 421 g/mol. The summed E-state index contributed by atoms with van der Waals surface area (Å²) in [5.74, 6) is 0.760. The number of carbonyl (C=O) groups is 1. The molecule has 1 fully saturated rings. The lowest BCUT2D eigenvalue weighted by molar-refractivity contribution is -0.141. The summed E-state index contributed by atoms with van der Waals surface area (Å²) >= 11 is 0. The molecule has 166 valence electrons. The molecular formula is C22H21F3N6O. The fourth-order valence-corrected chi connectivity index (χ4v) is 4.39. The van der Waals surface area contributed by atoms with E-state index in [0.29, 0.717) is 18.2 Å². The van der Waals surface area contributed by atoms with E-state index < -0.39 is 11.9 Å². The molecule has 1 amide bonds. The Bertz CT molecular complexity index is 1240. The number of aryl methyl sites for hydroxylation is 2. The van der Waals surface area contributed by atoms with E-state index in [1.54, 1.807) is 18.3 Å². The quantitative estimate of drug-likeness (QED) is 0.653. The zero-order chi connectivity index (χ0) is 22.8. The number of fused-ring (bicyclic) bond motifs is 2. The van der Waals surface area contributed by atoms with E-state index in [1.165, 1.54) is 20.2 Å². The zero-order valence-corrected chi connectivity index (χ0v) is 17.8. The topological polar surface area (TPSA) is 75.9 Å². The summed E-state index contributed by atoms with van der Waals surface area (Å²) in [5.41, 5.74) is 1.92. The van der Waals surface area contributed by atoms with E-state index in [4.69, 9.17) is 0 Å². The van der Waals surface area contributed by atoms with Crippen molar-refractivity contribution >= 4 is 23.2 Å². The molecule has 0 aromatic carbocycles. The zero-order valence-electron chi connectivity index (χ0n) is 17.8. The van der Waals surface area contributed by atoms with Gasteiger partial charge in [-0.05, 0) is 37.5 Å². The second-order valence-corrected chi connectivity index (χ2v) is 8.59. The second-order valence-electron chi connectivity index (χ2n) is 8.59. The molecule has 4 heterocycles. The molecule has 0 saturated heterocycles. The number of rotatable bonds is 3. The summed E-state index contributed by atoms with van der Waals surface area (Å²) in [7, 11) is 1.46. The molecule has 1 aliphatic carbocycles. The average Bonchev–Trinajstić information content (AvgIpc) is 3.24. The van der Waals surface area contributed by atoms with Gasteiger partial charge in [-0.15, -0.1) is 0 Å². The van der Waals surface area contributed by atoms with Crippen LogP contribution in [0.3, 0.4) is 0 Å². The molecule has 7 nitrogen and oxygen atoms in total. The Morgan fingerprint density at radius 1 is 1.22 bits per heavy atom. The fraction of sp³-hybridized carbons (Fsp3) is 0.364. The van der Waals surface area contributed by atoms with Gasteiger partial charge in [-0.1, -0.05) is 0 Å². The van der Waals surface area contributed by atoms with Crippen molar-refractivity contribution in [2.45, 2.75) is 38.3 Å². The first-order valence-electron chi connectivity index (χ1n) is 10.2. The van der Waals surface area contributed by atoms with Crippen LogP contribution >= 0.6 is 0 Å². The van der Waals surface area contributed by atoms with Gasteiger partial charge in [0, 0.05) is 50.0 Å². The van der Waals surface area contributed by atoms with Gasteiger partial charge in [-0.2, -0.15) is 18.3 Å². The molecule has 5 rings (SSSR count). The number of nitrogens with zero attached hydrogens (tertiary/aromatic N) is 5. The van der Waals surface area contributed by atoms with Crippen molar-refractivity contribution in [1.29, 1.82) is 0 Å². The number of halogens is 3. The van der Waals surface area contributed by atoms with Crippen LogP contribution in [0.1, 0.15) is 36.6 Å². The van der Waals surface area contributed by atoms with Crippen molar-refractivity contribution in [3.8, 4) is 11.3 Å². The van der Waals surface area contributed by atoms with Crippen molar-refractivity contribution in [1.82, 2.24) is 19.7 Å². The molecule has 32 heavy (non-hydrogen) atoms. The summed E-state index contributed by atoms with van der Waals surface area (Å²) in [6.45, 7) is 3.91. The van der Waals surface area contributed by atoms with Crippen molar-refractivity contribution in [3.63, 3.8) is 0 Å². The van der Waals surface area contributed by atoms with Gasteiger partial charge in [-0.3, -0.25) is 9.48 Å². The van der Waals surface area contributed by atoms with E-state index >= 15 is 0 Å². The minimum Gasteiger partial charge on any atom is -0.325 e. The number of hydrogen-bond acceptors (Lipinski definition) is 5. The van der Waals surface area contributed by atoms with Gasteiger partial charge in [0.05, 0.1) is 16.9 Å². The molecule has 1 N–H and O–H groups in total. The largest absolute Gasteiger partial charge is 0.435 e. The maximum absolute atomic E-state index is 13.5. The molecule has 0 radical (unpaired) electrons. The van der Waals surface area contributed by atoms with Crippen molar-refractivity contribution < 1.29 is 18.0 Å². The normalized spacial score (nSPS) is 16.4. The van der Waals surface area contributed by atoms with E-state index in [0.717, 1.165) is 34.3 Å². The Balaban J connectivity index is 1.61. The van der Waals surface area contributed by atoms with Gasteiger partial charge in [0.1, 0.15) is 11.6 Å². The number of alkyl halides is 3. The smallest absolute Gasteiger partial charge is 0.325 e. The van der Waals surface area contributed by atoms with Crippen LogP contribution in [-0.2, 0) is 23.4 Å². The Hall–Kier alpha value is -3.43. The molecule has 10 heteroatoms. The van der Waals surface area contributed by atoms with Crippen LogP contribution in [0.25, 0.3) is 11.3 Å². The number of aromatic nitrogens is 4. The van der Waals surface area contributed by atoms with E-state index in [9.17, 15) is 18.0 Å². The number of pyridine rings is 2. The van der Waals surface area contributed by atoms with E-state index in [2.05, 4.69) is 20.4 Å². The first-order chi connectivity index (χ1) is 15.1. The first kappa shape index (κ1) is 20.5. The van der Waals surface area contributed by atoms with Gasteiger partial charge in [-0.25, -0.2) is 9.97 Å². The third kappa shape index (κ3) is 3.39. The van der Waals surface area contributed by atoms with Crippen LogP contribution in [0.15, 0.2) is 30.6 Å². The number of hydrogen-bond donors (Lipinski definition) is 1. The van der Waals surface area contributed by atoms with Crippen molar-refractivity contribution in [2.24, 2.45) is 7.05 Å². The highest BCUT2D eigenvalue weighted by molar-refractivity contribution is 5.89. The lowest BCUT2D eigenvalue weighted by Gasteiger charge is -2.21. The highest BCUT2D eigenvalue weighted by atomic mass is 19.4. The van der Waals surface area contributed by atoms with Gasteiger partial charge < -0.3 is 10.2 Å². The minimum atomic E-state index is -4.58. The number of nitrogens with one attached hydrogen (secondary N) is 1. The summed E-state index contributed by atoms with van der Waals surface area (Å²) in [4.78, 5) is 22.5. The monoisotopic (exact) mass is 442 g/mol. The lowest BCUT2D eigenvalue weighted by Crippen LogP contribution is -2.20. The van der Waals surface area contributed by atoms with Gasteiger partial charge in [0.15, 0.2) is 5.69 Å².